The van der Waals surface area contributed by atoms with Gasteiger partial charge in [0.1, 0.15) is 11.2 Å². The van der Waals surface area contributed by atoms with Crippen molar-refractivity contribution in [2.24, 2.45) is 0 Å². The molecule has 0 radical (unpaired) electrons. The number of aryl methyl sites for hydroxylation is 4. The fourth-order valence-corrected chi connectivity index (χ4v) is 3.34. The van der Waals surface area contributed by atoms with Crippen molar-refractivity contribution in [3.05, 3.63) is 94.0 Å². The minimum absolute atomic E-state index is 0.106. The molecule has 0 saturated heterocycles. The van der Waals surface area contributed by atoms with E-state index in [9.17, 15) is 4.79 Å². The molecule has 0 spiro atoms. The lowest BCUT2D eigenvalue weighted by Crippen LogP contribution is -2.28. The third-order valence-electron chi connectivity index (χ3n) is 4.87. The highest BCUT2D eigenvalue weighted by Gasteiger charge is 2.14. The predicted molar refractivity (Wildman–Crippen MR) is 112 cm³/mol. The van der Waals surface area contributed by atoms with Crippen molar-refractivity contribution in [1.29, 1.82) is 0 Å². The number of aromatic nitrogens is 4. The Balaban J connectivity index is 1.70. The maximum atomic E-state index is 13.2. The van der Waals surface area contributed by atoms with Crippen LogP contribution in [-0.2, 0) is 25.8 Å². The van der Waals surface area contributed by atoms with Crippen LogP contribution in [0.5, 0.6) is 6.01 Å². The van der Waals surface area contributed by atoms with Crippen molar-refractivity contribution in [3.8, 4) is 6.01 Å². The second kappa shape index (κ2) is 8.65. The summed E-state index contributed by atoms with van der Waals surface area (Å²) in [6.45, 7) is 0.514. The molecule has 0 amide bonds. The molecule has 0 aliphatic heterocycles. The zero-order chi connectivity index (χ0) is 20.1. The van der Waals surface area contributed by atoms with Gasteiger partial charge in [0.15, 0.2) is 5.65 Å². The summed E-state index contributed by atoms with van der Waals surface area (Å²) in [5, 5.41) is 0. The van der Waals surface area contributed by atoms with Gasteiger partial charge in [-0.05, 0) is 30.4 Å². The normalized spacial score (nSPS) is 10.9. The van der Waals surface area contributed by atoms with Crippen LogP contribution >= 0.6 is 0 Å². The van der Waals surface area contributed by atoms with E-state index in [0.29, 0.717) is 29.8 Å². The average Bonchev–Trinajstić information content (AvgIpc) is 2.78. The molecule has 29 heavy (non-hydrogen) atoms. The third-order valence-corrected chi connectivity index (χ3v) is 4.87. The predicted octanol–water partition coefficient (Wildman–Crippen LogP) is 3.22. The van der Waals surface area contributed by atoms with Gasteiger partial charge < -0.3 is 4.74 Å². The fourth-order valence-electron chi connectivity index (χ4n) is 3.34. The zero-order valence-corrected chi connectivity index (χ0v) is 16.3. The highest BCUT2D eigenvalue weighted by atomic mass is 16.5. The van der Waals surface area contributed by atoms with Crippen molar-refractivity contribution in [2.45, 2.75) is 25.8 Å². The molecule has 0 unspecified atom stereocenters. The van der Waals surface area contributed by atoms with E-state index < -0.39 is 0 Å². The van der Waals surface area contributed by atoms with Crippen molar-refractivity contribution in [3.63, 3.8) is 0 Å². The van der Waals surface area contributed by atoms with E-state index in [1.807, 2.05) is 36.4 Å². The van der Waals surface area contributed by atoms with Crippen LogP contribution in [0.3, 0.4) is 0 Å². The summed E-state index contributed by atoms with van der Waals surface area (Å²) in [6.07, 6.45) is 3.66. The molecule has 6 heteroatoms. The van der Waals surface area contributed by atoms with Gasteiger partial charge in [0, 0.05) is 6.54 Å². The number of methoxy groups -OCH3 is 1. The first kappa shape index (κ1) is 18.8. The molecule has 0 saturated carbocycles. The standard InChI is InChI=1S/C23H22N4O2/c1-29-23-24-16-20-21(26-23)27(15-14-18-10-6-3-7-11-18)22(28)19(25-20)13-12-17-8-4-2-5-9-17/h2-11,16H,12-15H2,1H3. The van der Waals surface area contributed by atoms with Crippen LogP contribution in [0.15, 0.2) is 71.7 Å². The molecular weight excluding hydrogens is 364 g/mol. The molecule has 0 bridgehead atoms. The minimum atomic E-state index is -0.106. The average molecular weight is 386 g/mol. The van der Waals surface area contributed by atoms with Crippen molar-refractivity contribution >= 4 is 11.2 Å². The van der Waals surface area contributed by atoms with Crippen molar-refractivity contribution in [2.75, 3.05) is 7.11 Å². The van der Waals surface area contributed by atoms with Gasteiger partial charge in [-0.2, -0.15) is 4.98 Å². The van der Waals surface area contributed by atoms with Crippen LogP contribution in [0.2, 0.25) is 0 Å². The Morgan fingerprint density at radius 2 is 1.52 bits per heavy atom. The van der Waals surface area contributed by atoms with Gasteiger partial charge in [-0.3, -0.25) is 9.36 Å². The lowest BCUT2D eigenvalue weighted by atomic mass is 10.1. The molecule has 0 aliphatic carbocycles. The summed E-state index contributed by atoms with van der Waals surface area (Å²) in [7, 11) is 1.51. The first-order chi connectivity index (χ1) is 14.2. The highest BCUT2D eigenvalue weighted by molar-refractivity contribution is 5.69. The third kappa shape index (κ3) is 4.32. The van der Waals surface area contributed by atoms with Crippen LogP contribution in [0, 0.1) is 0 Å². The molecule has 0 aliphatic rings. The van der Waals surface area contributed by atoms with Crippen LogP contribution in [0.1, 0.15) is 16.8 Å². The Kier molecular flexibility index (Phi) is 5.61. The summed E-state index contributed by atoms with van der Waals surface area (Å²) < 4.78 is 6.84. The minimum Gasteiger partial charge on any atom is -0.467 e. The van der Waals surface area contributed by atoms with Crippen LogP contribution < -0.4 is 10.3 Å². The Morgan fingerprint density at radius 3 is 2.17 bits per heavy atom. The number of nitrogens with zero attached hydrogens (tertiary/aromatic N) is 4. The topological polar surface area (TPSA) is 69.9 Å². The Morgan fingerprint density at radius 1 is 0.862 bits per heavy atom. The Labute approximate surface area is 168 Å². The number of benzene rings is 2. The lowest BCUT2D eigenvalue weighted by Gasteiger charge is -2.12. The number of rotatable bonds is 7. The zero-order valence-electron chi connectivity index (χ0n) is 16.3. The lowest BCUT2D eigenvalue weighted by molar-refractivity contribution is 0.380. The second-order valence-electron chi connectivity index (χ2n) is 6.80. The van der Waals surface area contributed by atoms with Gasteiger partial charge in [-0.25, -0.2) is 9.97 Å². The summed E-state index contributed by atoms with van der Waals surface area (Å²) in [5.74, 6) is 0. The molecule has 4 rings (SSSR count). The van der Waals surface area contributed by atoms with Crippen molar-refractivity contribution < 1.29 is 4.74 Å². The van der Waals surface area contributed by atoms with Gasteiger partial charge in [0.05, 0.1) is 13.3 Å². The molecule has 0 N–H and O–H groups in total. The molecule has 4 aromatic rings. The molecule has 6 nitrogen and oxygen atoms in total. The molecule has 2 aromatic heterocycles. The maximum Gasteiger partial charge on any atom is 0.318 e. The monoisotopic (exact) mass is 386 g/mol. The van der Waals surface area contributed by atoms with E-state index >= 15 is 0 Å². The molecule has 0 fully saturated rings. The summed E-state index contributed by atoms with van der Waals surface area (Å²) in [4.78, 5) is 26.3. The van der Waals surface area contributed by atoms with Gasteiger partial charge in [0.25, 0.3) is 5.56 Å². The van der Waals surface area contributed by atoms with E-state index in [1.54, 1.807) is 10.8 Å². The Bertz CT molecular complexity index is 1160. The smallest absolute Gasteiger partial charge is 0.318 e. The molecule has 146 valence electrons. The summed E-state index contributed by atoms with van der Waals surface area (Å²) in [5.41, 5.74) is 3.86. The number of hydrogen-bond donors (Lipinski definition) is 0. The fraction of sp³-hybridized carbons (Fsp3) is 0.217. The summed E-state index contributed by atoms with van der Waals surface area (Å²) >= 11 is 0. The van der Waals surface area contributed by atoms with E-state index in [-0.39, 0.29) is 11.6 Å². The van der Waals surface area contributed by atoms with Crippen molar-refractivity contribution in [1.82, 2.24) is 19.5 Å². The number of hydrogen-bond acceptors (Lipinski definition) is 5. The van der Waals surface area contributed by atoms with Crippen LogP contribution in [0.25, 0.3) is 11.2 Å². The maximum absolute atomic E-state index is 13.2. The number of ether oxygens (including phenoxy) is 1. The quantitative estimate of drug-likeness (QED) is 0.488. The SMILES string of the molecule is COc1ncc2nc(CCc3ccccc3)c(=O)n(CCc3ccccc3)c2n1. The molecule has 2 heterocycles. The first-order valence-corrected chi connectivity index (χ1v) is 9.63. The number of fused-ring (bicyclic) bond motifs is 1. The van der Waals surface area contributed by atoms with E-state index in [4.69, 9.17) is 4.74 Å². The largest absolute Gasteiger partial charge is 0.467 e. The van der Waals surface area contributed by atoms with Gasteiger partial charge in [-0.15, -0.1) is 0 Å². The molecule has 2 aromatic carbocycles. The van der Waals surface area contributed by atoms with Gasteiger partial charge in [-0.1, -0.05) is 60.7 Å². The summed E-state index contributed by atoms with van der Waals surface area (Å²) in [6, 6.07) is 20.4. The van der Waals surface area contributed by atoms with E-state index in [0.717, 1.165) is 18.4 Å². The van der Waals surface area contributed by atoms with E-state index in [1.165, 1.54) is 12.7 Å². The Hall–Kier alpha value is -3.54. The first-order valence-electron chi connectivity index (χ1n) is 9.63. The molecular formula is C23H22N4O2. The van der Waals surface area contributed by atoms with Gasteiger partial charge in [0.2, 0.25) is 0 Å². The second-order valence-corrected chi connectivity index (χ2v) is 6.80. The highest BCUT2D eigenvalue weighted by Crippen LogP contribution is 2.13. The van der Waals surface area contributed by atoms with Crippen LogP contribution in [-0.4, -0.2) is 26.6 Å². The van der Waals surface area contributed by atoms with E-state index in [2.05, 4.69) is 39.2 Å². The van der Waals surface area contributed by atoms with Crippen LogP contribution in [0.4, 0.5) is 0 Å². The molecule has 0 atom stereocenters. The van der Waals surface area contributed by atoms with Gasteiger partial charge >= 0.3 is 6.01 Å².